The molecular weight excluding hydrogens is 349 g/mol. The van der Waals surface area contributed by atoms with Crippen molar-refractivity contribution in [2.45, 2.75) is 39.5 Å². The van der Waals surface area contributed by atoms with Gasteiger partial charge in [-0.15, -0.1) is 13.2 Å². The van der Waals surface area contributed by atoms with Crippen LogP contribution in [0.2, 0.25) is 0 Å². The SMILES string of the molecule is CNC1=C(O)CCC(CC(C)C)C(Oc2cccc(OC(F)(F)F)c2)=N1. The Labute approximate surface area is 150 Å². The molecule has 2 rings (SSSR count). The Balaban J connectivity index is 2.28. The zero-order valence-electron chi connectivity index (χ0n) is 14.9. The summed E-state index contributed by atoms with van der Waals surface area (Å²) in [5, 5.41) is 12.9. The molecule has 0 spiro atoms. The molecule has 1 aliphatic rings. The Morgan fingerprint density at radius 2 is 2.00 bits per heavy atom. The quantitative estimate of drug-likeness (QED) is 0.782. The number of rotatable bonds is 5. The van der Waals surface area contributed by atoms with Crippen molar-refractivity contribution in [3.63, 3.8) is 0 Å². The minimum absolute atomic E-state index is 0.0600. The van der Waals surface area contributed by atoms with Crippen molar-refractivity contribution in [2.75, 3.05) is 7.05 Å². The first-order valence-electron chi connectivity index (χ1n) is 8.40. The maximum atomic E-state index is 12.4. The zero-order chi connectivity index (χ0) is 19.3. The van der Waals surface area contributed by atoms with E-state index >= 15 is 0 Å². The first kappa shape index (κ1) is 19.9. The minimum Gasteiger partial charge on any atom is -0.508 e. The van der Waals surface area contributed by atoms with Gasteiger partial charge in [0.25, 0.3) is 0 Å². The van der Waals surface area contributed by atoms with Crippen LogP contribution in [0.4, 0.5) is 13.2 Å². The summed E-state index contributed by atoms with van der Waals surface area (Å²) in [6, 6.07) is 5.31. The average molecular weight is 372 g/mol. The molecule has 2 N–H and O–H groups in total. The normalized spacial score (nSPS) is 18.4. The van der Waals surface area contributed by atoms with Crippen LogP contribution in [-0.2, 0) is 0 Å². The number of ether oxygens (including phenoxy) is 2. The smallest absolute Gasteiger partial charge is 0.508 e. The van der Waals surface area contributed by atoms with Crippen molar-refractivity contribution in [2.24, 2.45) is 16.8 Å². The average Bonchev–Trinajstić information content (AvgIpc) is 2.66. The molecule has 26 heavy (non-hydrogen) atoms. The maximum Gasteiger partial charge on any atom is 0.573 e. The van der Waals surface area contributed by atoms with Gasteiger partial charge in [0.2, 0.25) is 0 Å². The van der Waals surface area contributed by atoms with Gasteiger partial charge in [-0.1, -0.05) is 19.9 Å². The van der Waals surface area contributed by atoms with Gasteiger partial charge in [0.05, 0.1) is 0 Å². The van der Waals surface area contributed by atoms with E-state index in [-0.39, 0.29) is 23.2 Å². The first-order valence-corrected chi connectivity index (χ1v) is 8.40. The Morgan fingerprint density at radius 1 is 1.31 bits per heavy atom. The number of halogens is 3. The van der Waals surface area contributed by atoms with Crippen LogP contribution < -0.4 is 14.8 Å². The summed E-state index contributed by atoms with van der Waals surface area (Å²) in [4.78, 5) is 4.36. The molecule has 0 bridgehead atoms. The summed E-state index contributed by atoms with van der Waals surface area (Å²) < 4.78 is 46.9. The summed E-state index contributed by atoms with van der Waals surface area (Å²) >= 11 is 0. The highest BCUT2D eigenvalue weighted by molar-refractivity contribution is 5.82. The molecule has 0 radical (unpaired) electrons. The van der Waals surface area contributed by atoms with Crippen molar-refractivity contribution in [1.82, 2.24) is 5.32 Å². The van der Waals surface area contributed by atoms with E-state index in [1.54, 1.807) is 7.05 Å². The summed E-state index contributed by atoms with van der Waals surface area (Å²) in [6.07, 6.45) is -2.91. The highest BCUT2D eigenvalue weighted by atomic mass is 19.4. The van der Waals surface area contributed by atoms with Crippen LogP contribution in [0.3, 0.4) is 0 Å². The fourth-order valence-corrected chi connectivity index (χ4v) is 2.77. The maximum absolute atomic E-state index is 12.4. The number of benzene rings is 1. The van der Waals surface area contributed by atoms with Gasteiger partial charge in [-0.3, -0.25) is 0 Å². The molecule has 1 unspecified atom stereocenters. The fourth-order valence-electron chi connectivity index (χ4n) is 2.77. The lowest BCUT2D eigenvalue weighted by Crippen LogP contribution is -2.23. The molecule has 0 aromatic heterocycles. The highest BCUT2D eigenvalue weighted by Gasteiger charge is 2.31. The predicted molar refractivity (Wildman–Crippen MR) is 92.1 cm³/mol. The van der Waals surface area contributed by atoms with Crippen LogP contribution >= 0.6 is 0 Å². The molecule has 0 aliphatic carbocycles. The summed E-state index contributed by atoms with van der Waals surface area (Å²) in [5.41, 5.74) is 0. The van der Waals surface area contributed by atoms with Crippen LogP contribution in [0, 0.1) is 11.8 Å². The van der Waals surface area contributed by atoms with E-state index < -0.39 is 6.36 Å². The lowest BCUT2D eigenvalue weighted by molar-refractivity contribution is -0.274. The third-order valence-electron chi connectivity index (χ3n) is 3.83. The van der Waals surface area contributed by atoms with Crippen LogP contribution in [0.15, 0.2) is 40.8 Å². The third-order valence-corrected chi connectivity index (χ3v) is 3.83. The predicted octanol–water partition coefficient (Wildman–Crippen LogP) is 4.77. The molecule has 0 fully saturated rings. The number of aliphatic hydroxyl groups is 1. The Hall–Kier alpha value is -2.38. The summed E-state index contributed by atoms with van der Waals surface area (Å²) in [5.74, 6) is 0.925. The lowest BCUT2D eigenvalue weighted by Gasteiger charge is -2.20. The molecule has 0 amide bonds. The van der Waals surface area contributed by atoms with Crippen molar-refractivity contribution in [3.05, 3.63) is 35.8 Å². The van der Waals surface area contributed by atoms with E-state index in [0.29, 0.717) is 30.5 Å². The molecular formula is C18H23F3N2O3. The molecule has 0 saturated heterocycles. The summed E-state index contributed by atoms with van der Waals surface area (Å²) in [7, 11) is 1.63. The van der Waals surface area contributed by atoms with Crippen molar-refractivity contribution in [1.29, 1.82) is 0 Å². The minimum atomic E-state index is -4.77. The van der Waals surface area contributed by atoms with Gasteiger partial charge < -0.3 is 19.9 Å². The molecule has 0 saturated carbocycles. The number of hydrogen-bond acceptors (Lipinski definition) is 5. The number of aliphatic imine (C=N–C) groups is 1. The monoisotopic (exact) mass is 372 g/mol. The zero-order valence-corrected chi connectivity index (χ0v) is 14.9. The topological polar surface area (TPSA) is 63.1 Å². The Kier molecular flexibility index (Phi) is 6.39. The van der Waals surface area contributed by atoms with E-state index in [0.717, 1.165) is 12.5 Å². The van der Waals surface area contributed by atoms with E-state index in [4.69, 9.17) is 4.74 Å². The van der Waals surface area contributed by atoms with Crippen molar-refractivity contribution in [3.8, 4) is 11.5 Å². The van der Waals surface area contributed by atoms with Crippen LogP contribution in [0.25, 0.3) is 0 Å². The first-order chi connectivity index (χ1) is 12.2. The van der Waals surface area contributed by atoms with Crippen molar-refractivity contribution < 1.29 is 27.8 Å². The van der Waals surface area contributed by atoms with E-state index in [1.807, 2.05) is 0 Å². The number of allylic oxidation sites excluding steroid dienone is 1. The van der Waals surface area contributed by atoms with Gasteiger partial charge >= 0.3 is 6.36 Å². The highest BCUT2D eigenvalue weighted by Crippen LogP contribution is 2.30. The number of aliphatic hydroxyl groups excluding tert-OH is 1. The number of alkyl halides is 3. The fraction of sp³-hybridized carbons (Fsp3) is 0.500. The molecule has 5 nitrogen and oxygen atoms in total. The van der Waals surface area contributed by atoms with Gasteiger partial charge in [-0.05, 0) is 30.9 Å². The second-order valence-corrected chi connectivity index (χ2v) is 6.49. The second-order valence-electron chi connectivity index (χ2n) is 6.49. The van der Waals surface area contributed by atoms with Gasteiger partial charge in [0.1, 0.15) is 17.3 Å². The third kappa shape index (κ3) is 5.86. The molecule has 1 aliphatic heterocycles. The molecule has 1 aromatic carbocycles. The second kappa shape index (κ2) is 8.33. The molecule has 144 valence electrons. The summed E-state index contributed by atoms with van der Waals surface area (Å²) in [6.45, 7) is 4.12. The van der Waals surface area contributed by atoms with Crippen molar-refractivity contribution >= 4 is 5.90 Å². The van der Waals surface area contributed by atoms with E-state index in [9.17, 15) is 18.3 Å². The van der Waals surface area contributed by atoms with Gasteiger partial charge in [0, 0.05) is 25.5 Å². The van der Waals surface area contributed by atoms with Crippen LogP contribution in [0.5, 0.6) is 11.5 Å². The number of hydrogen-bond donors (Lipinski definition) is 2. The van der Waals surface area contributed by atoms with Gasteiger partial charge in [-0.2, -0.15) is 4.99 Å². The van der Waals surface area contributed by atoms with E-state index in [2.05, 4.69) is 28.9 Å². The molecule has 1 heterocycles. The van der Waals surface area contributed by atoms with Gasteiger partial charge in [0.15, 0.2) is 11.7 Å². The molecule has 1 aromatic rings. The van der Waals surface area contributed by atoms with E-state index in [1.165, 1.54) is 18.2 Å². The van der Waals surface area contributed by atoms with Gasteiger partial charge in [-0.25, -0.2) is 0 Å². The number of nitrogens with zero attached hydrogens (tertiary/aromatic N) is 1. The largest absolute Gasteiger partial charge is 0.573 e. The molecule has 1 atom stereocenters. The number of nitrogens with one attached hydrogen (secondary N) is 1. The van der Waals surface area contributed by atoms with Crippen LogP contribution in [0.1, 0.15) is 33.1 Å². The molecule has 8 heteroatoms. The Bertz CT molecular complexity index is 685. The van der Waals surface area contributed by atoms with Crippen LogP contribution in [-0.4, -0.2) is 24.4 Å². The Morgan fingerprint density at radius 3 is 2.62 bits per heavy atom. The standard InChI is InChI=1S/C18H23F3N2O3/c1-11(2)9-12-7-8-15(24)16(22-3)23-17(12)25-13-5-4-6-14(10-13)26-18(19,20)21/h4-6,10-12,22,24H,7-9H2,1-3H3. The lowest BCUT2D eigenvalue weighted by atomic mass is 9.92.